The minimum absolute atomic E-state index is 0.284. The molecule has 6 heteroatoms. The zero-order chi connectivity index (χ0) is 15.4. The Morgan fingerprint density at radius 2 is 2.09 bits per heavy atom. The van der Waals surface area contributed by atoms with Crippen molar-refractivity contribution in [3.63, 3.8) is 0 Å². The number of benzene rings is 1. The number of fused-ring (bicyclic) bond motifs is 1. The van der Waals surface area contributed by atoms with Gasteiger partial charge in [-0.25, -0.2) is 4.79 Å². The first-order valence-corrected chi connectivity index (χ1v) is 7.52. The van der Waals surface area contributed by atoms with Crippen LogP contribution in [0.25, 0.3) is 11.1 Å². The zero-order valence-electron chi connectivity index (χ0n) is 12.7. The molecule has 22 heavy (non-hydrogen) atoms. The molecule has 0 aliphatic rings. The van der Waals surface area contributed by atoms with Gasteiger partial charge in [-0.2, -0.15) is 5.10 Å². The molecule has 2 heterocycles. The van der Waals surface area contributed by atoms with Crippen LogP contribution in [-0.4, -0.2) is 27.4 Å². The van der Waals surface area contributed by atoms with Gasteiger partial charge in [0.25, 0.3) is 0 Å². The molecule has 6 nitrogen and oxygen atoms in total. The molecule has 116 valence electrons. The van der Waals surface area contributed by atoms with Gasteiger partial charge >= 0.3 is 5.76 Å². The summed E-state index contributed by atoms with van der Waals surface area (Å²) in [6.45, 7) is 5.25. The van der Waals surface area contributed by atoms with Crippen molar-refractivity contribution in [1.82, 2.24) is 19.7 Å². The van der Waals surface area contributed by atoms with E-state index in [0.29, 0.717) is 12.1 Å². The van der Waals surface area contributed by atoms with Crippen molar-refractivity contribution in [2.75, 3.05) is 13.1 Å². The third kappa shape index (κ3) is 3.28. The molecule has 0 aliphatic carbocycles. The highest BCUT2D eigenvalue weighted by atomic mass is 16.4. The first kappa shape index (κ1) is 14.6. The smallest absolute Gasteiger partial charge is 0.408 e. The molecule has 0 bridgehead atoms. The van der Waals surface area contributed by atoms with Crippen molar-refractivity contribution in [3.05, 3.63) is 52.8 Å². The van der Waals surface area contributed by atoms with Gasteiger partial charge < -0.3 is 9.73 Å². The molecule has 0 amide bonds. The van der Waals surface area contributed by atoms with Crippen molar-refractivity contribution in [3.8, 4) is 0 Å². The van der Waals surface area contributed by atoms with E-state index in [4.69, 9.17) is 4.42 Å². The highest BCUT2D eigenvalue weighted by molar-refractivity contribution is 5.72. The molecular formula is C16H20N4O2. The number of nitrogens with one attached hydrogen (secondary N) is 1. The van der Waals surface area contributed by atoms with Gasteiger partial charge in [-0.3, -0.25) is 9.25 Å². The third-order valence-electron chi connectivity index (χ3n) is 3.59. The third-order valence-corrected chi connectivity index (χ3v) is 3.59. The van der Waals surface area contributed by atoms with Gasteiger partial charge in [0, 0.05) is 19.3 Å². The molecule has 1 N–H and O–H groups in total. The quantitative estimate of drug-likeness (QED) is 0.676. The highest BCUT2D eigenvalue weighted by Gasteiger charge is 2.07. The average molecular weight is 300 g/mol. The number of hydrogen-bond donors (Lipinski definition) is 1. The summed E-state index contributed by atoms with van der Waals surface area (Å²) < 4.78 is 8.83. The van der Waals surface area contributed by atoms with E-state index in [0.717, 1.165) is 31.6 Å². The SMILES string of the molecule is Cc1cnn(CCNCCCn2c(=O)oc3ccccc32)c1. The fraction of sp³-hybridized carbons (Fsp3) is 0.375. The van der Waals surface area contributed by atoms with E-state index in [1.807, 2.05) is 48.3 Å². The first-order chi connectivity index (χ1) is 10.7. The van der Waals surface area contributed by atoms with Crippen LogP contribution < -0.4 is 11.1 Å². The van der Waals surface area contributed by atoms with Crippen molar-refractivity contribution < 1.29 is 4.42 Å². The van der Waals surface area contributed by atoms with E-state index < -0.39 is 0 Å². The summed E-state index contributed by atoms with van der Waals surface area (Å²) in [4.78, 5) is 11.8. The second-order valence-corrected chi connectivity index (χ2v) is 5.37. The Morgan fingerprint density at radius 1 is 1.23 bits per heavy atom. The number of nitrogens with zero attached hydrogens (tertiary/aromatic N) is 3. The minimum atomic E-state index is -0.284. The normalized spacial score (nSPS) is 11.3. The summed E-state index contributed by atoms with van der Waals surface area (Å²) >= 11 is 0. The molecule has 1 aromatic carbocycles. The van der Waals surface area contributed by atoms with E-state index in [-0.39, 0.29) is 5.76 Å². The molecule has 0 unspecified atom stereocenters. The Morgan fingerprint density at radius 3 is 2.91 bits per heavy atom. The molecule has 3 rings (SSSR count). The van der Waals surface area contributed by atoms with E-state index in [9.17, 15) is 4.79 Å². The molecular weight excluding hydrogens is 280 g/mol. The van der Waals surface area contributed by atoms with Gasteiger partial charge in [-0.15, -0.1) is 0 Å². The van der Waals surface area contributed by atoms with Crippen LogP contribution in [0.2, 0.25) is 0 Å². The largest absolute Gasteiger partial charge is 0.419 e. The molecule has 2 aromatic heterocycles. The Hall–Kier alpha value is -2.34. The number of rotatable bonds is 7. The summed E-state index contributed by atoms with van der Waals surface area (Å²) in [5.74, 6) is -0.284. The van der Waals surface area contributed by atoms with Crippen LogP contribution in [-0.2, 0) is 13.1 Å². The van der Waals surface area contributed by atoms with Gasteiger partial charge in [0.15, 0.2) is 5.58 Å². The fourth-order valence-corrected chi connectivity index (χ4v) is 2.50. The number of hydrogen-bond acceptors (Lipinski definition) is 4. The molecule has 0 aliphatic heterocycles. The second kappa shape index (κ2) is 6.62. The zero-order valence-corrected chi connectivity index (χ0v) is 12.7. The predicted octanol–water partition coefficient (Wildman–Crippen LogP) is 1.78. The summed E-state index contributed by atoms with van der Waals surface area (Å²) in [5.41, 5.74) is 2.68. The second-order valence-electron chi connectivity index (χ2n) is 5.37. The van der Waals surface area contributed by atoms with Crippen molar-refractivity contribution in [2.45, 2.75) is 26.4 Å². The topological polar surface area (TPSA) is 65.0 Å². The molecule has 0 spiro atoms. The maximum atomic E-state index is 11.8. The molecule has 0 saturated heterocycles. The molecule has 0 saturated carbocycles. The van der Waals surface area contributed by atoms with E-state index in [1.165, 1.54) is 5.56 Å². The van der Waals surface area contributed by atoms with Crippen LogP contribution in [0.3, 0.4) is 0 Å². The molecule has 0 radical (unpaired) electrons. The standard InChI is InChI=1S/C16H20N4O2/c1-13-11-18-19(12-13)10-8-17-7-4-9-20-14-5-2-3-6-15(14)22-16(20)21/h2-3,5-6,11-12,17H,4,7-10H2,1H3. The number of para-hydroxylation sites is 2. The predicted molar refractivity (Wildman–Crippen MR) is 84.9 cm³/mol. The van der Waals surface area contributed by atoms with Crippen LogP contribution in [0.5, 0.6) is 0 Å². The van der Waals surface area contributed by atoms with Gasteiger partial charge in [0.1, 0.15) is 0 Å². The summed E-state index contributed by atoms with van der Waals surface area (Å²) in [7, 11) is 0. The van der Waals surface area contributed by atoms with Crippen molar-refractivity contribution in [2.24, 2.45) is 0 Å². The minimum Gasteiger partial charge on any atom is -0.408 e. The maximum Gasteiger partial charge on any atom is 0.419 e. The van der Waals surface area contributed by atoms with Crippen LogP contribution >= 0.6 is 0 Å². The summed E-state index contributed by atoms with van der Waals surface area (Å²) in [5, 5.41) is 7.61. The van der Waals surface area contributed by atoms with Gasteiger partial charge in [0.05, 0.1) is 18.3 Å². The lowest BCUT2D eigenvalue weighted by Gasteiger charge is -2.05. The average Bonchev–Trinajstić information content (AvgIpc) is 3.06. The first-order valence-electron chi connectivity index (χ1n) is 7.52. The Labute approximate surface area is 128 Å². The Kier molecular flexibility index (Phi) is 4.39. The maximum absolute atomic E-state index is 11.8. The number of aryl methyl sites for hydroxylation is 2. The Balaban J connectivity index is 1.45. The number of oxazole rings is 1. The van der Waals surface area contributed by atoms with Crippen LogP contribution in [0, 0.1) is 6.92 Å². The summed E-state index contributed by atoms with van der Waals surface area (Å²) in [6.07, 6.45) is 4.76. The lowest BCUT2D eigenvalue weighted by Crippen LogP contribution is -2.23. The van der Waals surface area contributed by atoms with Crippen molar-refractivity contribution in [1.29, 1.82) is 0 Å². The number of aromatic nitrogens is 3. The van der Waals surface area contributed by atoms with Crippen molar-refractivity contribution >= 4 is 11.1 Å². The van der Waals surface area contributed by atoms with Crippen LogP contribution in [0.4, 0.5) is 0 Å². The van der Waals surface area contributed by atoms with Crippen LogP contribution in [0.1, 0.15) is 12.0 Å². The lowest BCUT2D eigenvalue weighted by molar-refractivity contribution is 0.484. The van der Waals surface area contributed by atoms with Gasteiger partial charge in [0.2, 0.25) is 0 Å². The Bertz CT molecular complexity index is 800. The molecule has 0 fully saturated rings. The van der Waals surface area contributed by atoms with E-state index in [2.05, 4.69) is 10.4 Å². The molecule has 0 atom stereocenters. The van der Waals surface area contributed by atoms with Gasteiger partial charge in [-0.1, -0.05) is 12.1 Å². The fourth-order valence-electron chi connectivity index (χ4n) is 2.50. The highest BCUT2D eigenvalue weighted by Crippen LogP contribution is 2.11. The van der Waals surface area contributed by atoms with Gasteiger partial charge in [-0.05, 0) is 37.6 Å². The monoisotopic (exact) mass is 300 g/mol. The summed E-state index contributed by atoms with van der Waals surface area (Å²) in [6, 6.07) is 7.51. The lowest BCUT2D eigenvalue weighted by atomic mass is 10.3. The van der Waals surface area contributed by atoms with Crippen LogP contribution in [0.15, 0.2) is 45.9 Å². The molecule has 3 aromatic rings. The van der Waals surface area contributed by atoms with E-state index in [1.54, 1.807) is 4.57 Å². The van der Waals surface area contributed by atoms with E-state index >= 15 is 0 Å².